The van der Waals surface area contributed by atoms with Crippen LogP contribution in [0.15, 0.2) is 29.8 Å². The smallest absolute Gasteiger partial charge is 0.163 e. The number of carbonyl (C=O) groups is 1. The third-order valence-electron chi connectivity index (χ3n) is 3.71. The second kappa shape index (κ2) is 6.71. The van der Waals surface area contributed by atoms with Gasteiger partial charge in [0.25, 0.3) is 0 Å². The highest BCUT2D eigenvalue weighted by Gasteiger charge is 2.26. The average Bonchev–Trinajstić information content (AvgIpc) is 2.43. The Labute approximate surface area is 121 Å². The summed E-state index contributed by atoms with van der Waals surface area (Å²) >= 11 is 0. The normalized spacial score (nSPS) is 21.5. The Morgan fingerprint density at radius 1 is 1.40 bits per heavy atom. The summed E-state index contributed by atoms with van der Waals surface area (Å²) in [6.45, 7) is 0.842. The number of hydrogen-bond donors (Lipinski definition) is 0. The topological polar surface area (TPSA) is 29.5 Å². The van der Waals surface area contributed by atoms with Crippen LogP contribution < -0.4 is 4.74 Å². The van der Waals surface area contributed by atoms with Crippen molar-refractivity contribution in [2.75, 3.05) is 27.7 Å². The zero-order chi connectivity index (χ0) is 14.5. The molecule has 1 saturated carbocycles. The molecule has 0 radical (unpaired) electrons. The van der Waals surface area contributed by atoms with E-state index in [-0.39, 0.29) is 5.92 Å². The monoisotopic (exact) mass is 273 g/mol. The van der Waals surface area contributed by atoms with E-state index in [4.69, 9.17) is 4.74 Å². The summed E-state index contributed by atoms with van der Waals surface area (Å²) in [4.78, 5) is 14.6. The first-order valence-electron chi connectivity index (χ1n) is 7.13. The van der Waals surface area contributed by atoms with Gasteiger partial charge in [-0.25, -0.2) is 0 Å². The molecular weight excluding hydrogens is 250 g/mol. The van der Waals surface area contributed by atoms with E-state index < -0.39 is 0 Å². The number of nitrogens with zero attached hydrogens (tertiary/aromatic N) is 1. The third-order valence-corrected chi connectivity index (χ3v) is 3.71. The summed E-state index contributed by atoms with van der Waals surface area (Å²) in [5, 5.41) is 0. The summed E-state index contributed by atoms with van der Waals surface area (Å²) in [5.41, 5.74) is 1.99. The fourth-order valence-corrected chi connectivity index (χ4v) is 2.75. The standard InChI is InChI=1S/C17H23NO2/c1-18(2)12-15-8-5-7-14(17(15)19)10-13-6-4-9-16(11-13)20-3/h4,6,9-11,15H,5,7-8,12H2,1-3H3/b14-10+. The Morgan fingerprint density at radius 3 is 2.90 bits per heavy atom. The van der Waals surface area contributed by atoms with Crippen molar-refractivity contribution in [1.82, 2.24) is 4.90 Å². The molecule has 108 valence electrons. The van der Waals surface area contributed by atoms with E-state index in [9.17, 15) is 4.79 Å². The highest BCUT2D eigenvalue weighted by Crippen LogP contribution is 2.28. The Kier molecular flexibility index (Phi) is 4.96. The highest BCUT2D eigenvalue weighted by molar-refractivity contribution is 6.01. The first-order valence-corrected chi connectivity index (χ1v) is 7.13. The molecule has 1 fully saturated rings. The number of rotatable bonds is 4. The van der Waals surface area contributed by atoms with Crippen LogP contribution in [0.5, 0.6) is 5.75 Å². The van der Waals surface area contributed by atoms with Gasteiger partial charge in [-0.15, -0.1) is 0 Å². The van der Waals surface area contributed by atoms with E-state index in [1.807, 2.05) is 44.4 Å². The summed E-state index contributed by atoms with van der Waals surface area (Å²) in [5.74, 6) is 1.29. The average molecular weight is 273 g/mol. The van der Waals surface area contributed by atoms with Gasteiger partial charge in [0.1, 0.15) is 5.75 Å². The number of allylic oxidation sites excluding steroid dienone is 1. The number of benzene rings is 1. The summed E-state index contributed by atoms with van der Waals surface area (Å²) < 4.78 is 5.22. The fraction of sp³-hybridized carbons (Fsp3) is 0.471. The van der Waals surface area contributed by atoms with Gasteiger partial charge >= 0.3 is 0 Å². The Morgan fingerprint density at radius 2 is 2.20 bits per heavy atom. The van der Waals surface area contributed by atoms with Crippen molar-refractivity contribution >= 4 is 11.9 Å². The zero-order valence-electron chi connectivity index (χ0n) is 12.6. The predicted octanol–water partition coefficient (Wildman–Crippen LogP) is 3.01. The minimum absolute atomic E-state index is 0.149. The molecule has 1 aromatic carbocycles. The molecular formula is C17H23NO2. The molecule has 20 heavy (non-hydrogen) atoms. The van der Waals surface area contributed by atoms with E-state index >= 15 is 0 Å². The molecule has 0 N–H and O–H groups in total. The molecule has 3 nitrogen and oxygen atoms in total. The van der Waals surface area contributed by atoms with Crippen LogP contribution in [0.3, 0.4) is 0 Å². The van der Waals surface area contributed by atoms with Gasteiger partial charge in [-0.05, 0) is 62.7 Å². The van der Waals surface area contributed by atoms with Crippen molar-refractivity contribution in [3.8, 4) is 5.75 Å². The van der Waals surface area contributed by atoms with Crippen molar-refractivity contribution < 1.29 is 9.53 Å². The second-order valence-electron chi connectivity index (χ2n) is 5.66. The van der Waals surface area contributed by atoms with Gasteiger partial charge in [0.15, 0.2) is 5.78 Å². The largest absolute Gasteiger partial charge is 0.497 e. The van der Waals surface area contributed by atoms with Crippen LogP contribution in [0.2, 0.25) is 0 Å². The van der Waals surface area contributed by atoms with Gasteiger partial charge in [-0.3, -0.25) is 4.79 Å². The van der Waals surface area contributed by atoms with Crippen LogP contribution in [0.25, 0.3) is 6.08 Å². The van der Waals surface area contributed by atoms with E-state index in [0.29, 0.717) is 5.78 Å². The number of ketones is 1. The van der Waals surface area contributed by atoms with Gasteiger partial charge in [0, 0.05) is 12.5 Å². The Balaban J connectivity index is 2.17. The molecule has 0 heterocycles. The number of Topliss-reactive ketones (excluding diaryl/α,β-unsaturated/α-hetero) is 1. The Bertz CT molecular complexity index is 505. The van der Waals surface area contributed by atoms with Gasteiger partial charge in [0.2, 0.25) is 0 Å². The molecule has 1 atom stereocenters. The van der Waals surface area contributed by atoms with Gasteiger partial charge < -0.3 is 9.64 Å². The SMILES string of the molecule is COc1cccc(/C=C2\CCCC(CN(C)C)C2=O)c1. The highest BCUT2D eigenvalue weighted by atomic mass is 16.5. The lowest BCUT2D eigenvalue weighted by atomic mass is 9.83. The van der Waals surface area contributed by atoms with Crippen molar-refractivity contribution in [2.45, 2.75) is 19.3 Å². The van der Waals surface area contributed by atoms with Crippen molar-refractivity contribution in [2.24, 2.45) is 5.92 Å². The van der Waals surface area contributed by atoms with Gasteiger partial charge in [-0.2, -0.15) is 0 Å². The summed E-state index contributed by atoms with van der Waals surface area (Å²) in [6.07, 6.45) is 5.01. The number of ether oxygens (including phenoxy) is 1. The first kappa shape index (κ1) is 14.8. The van der Waals surface area contributed by atoms with Crippen LogP contribution in [-0.4, -0.2) is 38.4 Å². The molecule has 0 spiro atoms. The van der Waals surface area contributed by atoms with Crippen LogP contribution in [0.1, 0.15) is 24.8 Å². The summed E-state index contributed by atoms with van der Waals surface area (Å²) in [7, 11) is 5.70. The lowest BCUT2D eigenvalue weighted by Crippen LogP contribution is -2.31. The van der Waals surface area contributed by atoms with Crippen LogP contribution in [-0.2, 0) is 4.79 Å². The molecule has 0 amide bonds. The minimum atomic E-state index is 0.149. The van der Waals surface area contributed by atoms with Crippen molar-refractivity contribution in [1.29, 1.82) is 0 Å². The quantitative estimate of drug-likeness (QED) is 0.790. The van der Waals surface area contributed by atoms with E-state index in [1.54, 1.807) is 7.11 Å². The number of carbonyl (C=O) groups excluding carboxylic acids is 1. The third kappa shape index (κ3) is 3.70. The second-order valence-corrected chi connectivity index (χ2v) is 5.66. The predicted molar refractivity (Wildman–Crippen MR) is 81.9 cm³/mol. The molecule has 0 aromatic heterocycles. The Hall–Kier alpha value is -1.61. The number of hydrogen-bond acceptors (Lipinski definition) is 3. The van der Waals surface area contributed by atoms with Gasteiger partial charge in [-0.1, -0.05) is 12.1 Å². The molecule has 3 heteroatoms. The fourth-order valence-electron chi connectivity index (χ4n) is 2.75. The maximum atomic E-state index is 12.5. The molecule has 1 aliphatic carbocycles. The molecule has 1 aromatic rings. The summed E-state index contributed by atoms with van der Waals surface area (Å²) in [6, 6.07) is 7.85. The molecule has 0 bridgehead atoms. The van der Waals surface area contributed by atoms with Crippen LogP contribution in [0, 0.1) is 5.92 Å². The van der Waals surface area contributed by atoms with Crippen LogP contribution >= 0.6 is 0 Å². The van der Waals surface area contributed by atoms with Crippen molar-refractivity contribution in [3.05, 3.63) is 35.4 Å². The molecule has 1 aliphatic rings. The maximum absolute atomic E-state index is 12.5. The van der Waals surface area contributed by atoms with Gasteiger partial charge in [0.05, 0.1) is 7.11 Å². The van der Waals surface area contributed by atoms with Crippen LogP contribution in [0.4, 0.5) is 0 Å². The lowest BCUT2D eigenvalue weighted by molar-refractivity contribution is -0.120. The molecule has 0 saturated heterocycles. The van der Waals surface area contributed by atoms with E-state index in [0.717, 1.165) is 42.7 Å². The molecule has 0 aliphatic heterocycles. The van der Waals surface area contributed by atoms with E-state index in [1.165, 1.54) is 0 Å². The van der Waals surface area contributed by atoms with Crippen molar-refractivity contribution in [3.63, 3.8) is 0 Å². The maximum Gasteiger partial charge on any atom is 0.163 e. The lowest BCUT2D eigenvalue weighted by Gasteiger charge is -2.25. The minimum Gasteiger partial charge on any atom is -0.497 e. The zero-order valence-corrected chi connectivity index (χ0v) is 12.6. The number of methoxy groups -OCH3 is 1. The first-order chi connectivity index (χ1) is 9.60. The molecule has 1 unspecified atom stereocenters. The van der Waals surface area contributed by atoms with E-state index in [2.05, 4.69) is 4.90 Å². The molecule has 2 rings (SSSR count).